The van der Waals surface area contributed by atoms with Crippen LogP contribution in [0.4, 0.5) is 4.39 Å². The molecule has 0 unspecified atom stereocenters. The molecule has 2 aromatic rings. The molecule has 0 saturated carbocycles. The van der Waals surface area contributed by atoms with Gasteiger partial charge in [-0.1, -0.05) is 13.8 Å². The van der Waals surface area contributed by atoms with Crippen molar-refractivity contribution >= 4 is 11.8 Å². The highest BCUT2D eigenvalue weighted by Crippen LogP contribution is 2.31. The Labute approximate surface area is 156 Å². The molecule has 0 radical (unpaired) electrons. The summed E-state index contributed by atoms with van der Waals surface area (Å²) in [4.78, 5) is 34.7. The summed E-state index contributed by atoms with van der Waals surface area (Å²) in [6.45, 7) is 5.94. The largest absolute Gasteiger partial charge is 0.351 e. The molecule has 0 aromatic carbocycles. The molecule has 2 aromatic heterocycles. The van der Waals surface area contributed by atoms with Crippen molar-refractivity contribution in [2.24, 2.45) is 5.92 Å². The number of amides is 2. The Morgan fingerprint density at radius 3 is 2.85 bits per heavy atom. The van der Waals surface area contributed by atoms with Crippen LogP contribution in [0, 0.1) is 18.7 Å². The van der Waals surface area contributed by atoms with Gasteiger partial charge in [0, 0.05) is 25.2 Å². The molecule has 2 atom stereocenters. The van der Waals surface area contributed by atoms with Crippen LogP contribution >= 0.6 is 0 Å². The van der Waals surface area contributed by atoms with Crippen molar-refractivity contribution in [2.45, 2.75) is 45.7 Å². The smallest absolute Gasteiger partial charge is 0.276 e. The first kappa shape index (κ1) is 18.9. The van der Waals surface area contributed by atoms with Gasteiger partial charge in [-0.2, -0.15) is 5.10 Å². The van der Waals surface area contributed by atoms with Crippen LogP contribution in [0.15, 0.2) is 18.3 Å². The number of carbonyl (C=O) groups excluding carboxylic acids is 2. The number of aryl methyl sites for hydroxylation is 1. The van der Waals surface area contributed by atoms with E-state index in [4.69, 9.17) is 0 Å². The average Bonchev–Trinajstić information content (AvgIpc) is 3.20. The van der Waals surface area contributed by atoms with E-state index in [2.05, 4.69) is 25.5 Å². The molecule has 1 aliphatic rings. The van der Waals surface area contributed by atoms with Gasteiger partial charge in [0.15, 0.2) is 17.3 Å². The van der Waals surface area contributed by atoms with Crippen molar-refractivity contribution in [3.63, 3.8) is 0 Å². The first-order valence-electron chi connectivity index (χ1n) is 8.95. The van der Waals surface area contributed by atoms with E-state index in [1.54, 1.807) is 6.92 Å². The van der Waals surface area contributed by atoms with Crippen LogP contribution in [0.5, 0.6) is 0 Å². The van der Waals surface area contributed by atoms with Gasteiger partial charge in [-0.15, -0.1) is 0 Å². The Balaban J connectivity index is 1.83. The van der Waals surface area contributed by atoms with Crippen molar-refractivity contribution in [1.29, 1.82) is 0 Å². The number of pyridine rings is 1. The van der Waals surface area contributed by atoms with Crippen LogP contribution in [-0.2, 0) is 4.79 Å². The molecule has 1 saturated heterocycles. The second-order valence-corrected chi connectivity index (χ2v) is 7.18. The van der Waals surface area contributed by atoms with Gasteiger partial charge in [0.1, 0.15) is 5.82 Å². The molecule has 144 valence electrons. The Morgan fingerprint density at radius 2 is 2.22 bits per heavy atom. The van der Waals surface area contributed by atoms with Crippen molar-refractivity contribution < 1.29 is 14.0 Å². The maximum atomic E-state index is 14.1. The fourth-order valence-electron chi connectivity index (χ4n) is 3.26. The van der Waals surface area contributed by atoms with E-state index in [0.717, 1.165) is 0 Å². The van der Waals surface area contributed by atoms with E-state index >= 15 is 0 Å². The summed E-state index contributed by atoms with van der Waals surface area (Å²) < 4.78 is 14.1. The summed E-state index contributed by atoms with van der Waals surface area (Å²) in [5, 5.41) is 9.87. The minimum atomic E-state index is -0.681. The number of aromatic amines is 1. The molecule has 3 rings (SSSR count). The molecule has 2 amide bonds. The first-order chi connectivity index (χ1) is 12.8. The molecular formula is C18H23FN6O2. The van der Waals surface area contributed by atoms with Crippen molar-refractivity contribution in [3.05, 3.63) is 41.5 Å². The highest BCUT2D eigenvalue weighted by Gasteiger charge is 2.40. The number of carbonyl (C=O) groups is 2. The molecule has 27 heavy (non-hydrogen) atoms. The predicted molar refractivity (Wildman–Crippen MR) is 95.1 cm³/mol. The third-order valence-electron chi connectivity index (χ3n) is 4.39. The lowest BCUT2D eigenvalue weighted by molar-refractivity contribution is -0.122. The molecule has 1 aliphatic heterocycles. The lowest BCUT2D eigenvalue weighted by atomic mass is 10.1. The molecule has 3 heterocycles. The Bertz CT molecular complexity index is 837. The summed E-state index contributed by atoms with van der Waals surface area (Å²) in [6.07, 6.45) is 2.24. The summed E-state index contributed by atoms with van der Waals surface area (Å²) in [5.74, 6) is 0.00354. The molecule has 1 fully saturated rings. The zero-order chi connectivity index (χ0) is 19.6. The number of aromatic nitrogens is 4. The maximum Gasteiger partial charge on any atom is 0.276 e. The van der Waals surface area contributed by atoms with E-state index in [-0.39, 0.29) is 30.1 Å². The molecule has 0 spiro atoms. The van der Waals surface area contributed by atoms with Crippen molar-refractivity contribution in [1.82, 2.24) is 30.4 Å². The van der Waals surface area contributed by atoms with Gasteiger partial charge in [-0.25, -0.2) is 14.4 Å². The minimum Gasteiger partial charge on any atom is -0.351 e. The molecule has 0 bridgehead atoms. The van der Waals surface area contributed by atoms with Gasteiger partial charge in [-0.3, -0.25) is 14.7 Å². The predicted octanol–water partition coefficient (Wildman–Crippen LogP) is 1.77. The number of nitrogens with zero attached hydrogens (tertiary/aromatic N) is 4. The van der Waals surface area contributed by atoms with E-state index in [1.165, 1.54) is 23.2 Å². The number of hydrogen-bond donors (Lipinski definition) is 2. The van der Waals surface area contributed by atoms with Crippen molar-refractivity contribution in [2.75, 3.05) is 6.54 Å². The molecule has 9 heteroatoms. The summed E-state index contributed by atoms with van der Waals surface area (Å²) in [5.41, 5.74) is -0.246. The van der Waals surface area contributed by atoms with Gasteiger partial charge in [0.2, 0.25) is 5.91 Å². The van der Waals surface area contributed by atoms with Gasteiger partial charge >= 0.3 is 0 Å². The SMILES string of the molecule is Cc1nc([C@@H]2C[C@H](NC(=O)CC(C)C)CN2C(=O)c2ncccc2F)n[nH]1. The number of H-pyrrole nitrogens is 1. The van der Waals surface area contributed by atoms with E-state index in [9.17, 15) is 14.0 Å². The number of likely N-dealkylation sites (tertiary alicyclic amines) is 1. The third-order valence-corrected chi connectivity index (χ3v) is 4.39. The average molecular weight is 374 g/mol. The Morgan fingerprint density at radius 1 is 1.44 bits per heavy atom. The number of hydrogen-bond acceptors (Lipinski definition) is 5. The zero-order valence-corrected chi connectivity index (χ0v) is 15.6. The van der Waals surface area contributed by atoms with Gasteiger partial charge < -0.3 is 10.2 Å². The van der Waals surface area contributed by atoms with Crippen LogP contribution in [-0.4, -0.2) is 49.5 Å². The summed E-state index contributed by atoms with van der Waals surface area (Å²) in [6, 6.07) is 1.91. The van der Waals surface area contributed by atoms with Gasteiger partial charge in [0.25, 0.3) is 5.91 Å². The molecular weight excluding hydrogens is 351 g/mol. The van der Waals surface area contributed by atoms with Crippen molar-refractivity contribution in [3.8, 4) is 0 Å². The fraction of sp³-hybridized carbons (Fsp3) is 0.500. The molecule has 0 aliphatic carbocycles. The van der Waals surface area contributed by atoms with E-state index < -0.39 is 17.8 Å². The zero-order valence-electron chi connectivity index (χ0n) is 15.6. The van der Waals surface area contributed by atoms with Gasteiger partial charge in [0.05, 0.1) is 6.04 Å². The third kappa shape index (κ3) is 4.29. The highest BCUT2D eigenvalue weighted by atomic mass is 19.1. The van der Waals surface area contributed by atoms with Gasteiger partial charge in [-0.05, 0) is 31.4 Å². The van der Waals surface area contributed by atoms with E-state index in [0.29, 0.717) is 24.5 Å². The summed E-state index contributed by atoms with van der Waals surface area (Å²) in [7, 11) is 0. The Kier molecular flexibility index (Phi) is 5.48. The maximum absolute atomic E-state index is 14.1. The highest BCUT2D eigenvalue weighted by molar-refractivity contribution is 5.93. The van der Waals surface area contributed by atoms with Crippen LogP contribution in [0.3, 0.4) is 0 Å². The normalized spacial score (nSPS) is 19.5. The van der Waals surface area contributed by atoms with Crippen LogP contribution in [0.25, 0.3) is 0 Å². The second-order valence-electron chi connectivity index (χ2n) is 7.18. The molecule has 8 nitrogen and oxygen atoms in total. The van der Waals surface area contributed by atoms with E-state index in [1.807, 2.05) is 13.8 Å². The van der Waals surface area contributed by atoms with Crippen LogP contribution in [0.2, 0.25) is 0 Å². The molecule has 2 N–H and O–H groups in total. The quantitative estimate of drug-likeness (QED) is 0.830. The minimum absolute atomic E-state index is 0.0711. The number of nitrogens with one attached hydrogen (secondary N) is 2. The first-order valence-corrected chi connectivity index (χ1v) is 8.95. The van der Waals surface area contributed by atoms with Crippen LogP contribution in [0.1, 0.15) is 54.9 Å². The number of rotatable bonds is 5. The second kappa shape index (κ2) is 7.81. The summed E-state index contributed by atoms with van der Waals surface area (Å²) >= 11 is 0. The lowest BCUT2D eigenvalue weighted by Crippen LogP contribution is -2.39. The standard InChI is InChI=1S/C18H23FN6O2/c1-10(2)7-15(26)22-12-8-14(17-21-11(3)23-24-17)25(9-12)18(27)16-13(19)5-4-6-20-16/h4-6,10,12,14H,7-9H2,1-3H3,(H,22,26)(H,21,23,24)/t12-,14-/m0/s1. The van der Waals surface area contributed by atoms with Crippen LogP contribution < -0.4 is 5.32 Å². The number of halogens is 1. The topological polar surface area (TPSA) is 104 Å². The lowest BCUT2D eigenvalue weighted by Gasteiger charge is -2.22. The Hall–Kier alpha value is -2.84. The monoisotopic (exact) mass is 374 g/mol. The fourth-order valence-corrected chi connectivity index (χ4v) is 3.26.